The number of hydrogen-bond acceptors (Lipinski definition) is 4. The zero-order chi connectivity index (χ0) is 25.3. The third-order valence-corrected chi connectivity index (χ3v) is 6.39. The Kier molecular flexibility index (Phi) is 6.31. The Labute approximate surface area is 211 Å². The van der Waals surface area contributed by atoms with Crippen LogP contribution in [-0.4, -0.2) is 37.0 Å². The van der Waals surface area contributed by atoms with Gasteiger partial charge in [0.05, 0.1) is 16.6 Å². The Balaban J connectivity index is 1.38. The van der Waals surface area contributed by atoms with E-state index < -0.39 is 0 Å². The van der Waals surface area contributed by atoms with E-state index in [4.69, 9.17) is 0 Å². The Morgan fingerprint density at radius 1 is 0.972 bits per heavy atom. The van der Waals surface area contributed by atoms with Gasteiger partial charge in [0.2, 0.25) is 0 Å². The van der Waals surface area contributed by atoms with E-state index in [1.807, 2.05) is 34.7 Å². The van der Waals surface area contributed by atoms with E-state index in [1.54, 1.807) is 0 Å². The third-order valence-electron chi connectivity index (χ3n) is 6.39. The second-order valence-electron chi connectivity index (χ2n) is 10.4. The molecule has 3 heterocycles. The van der Waals surface area contributed by atoms with E-state index in [2.05, 4.69) is 83.6 Å². The molecule has 0 bridgehead atoms. The predicted molar refractivity (Wildman–Crippen MR) is 142 cm³/mol. The van der Waals surface area contributed by atoms with Crippen LogP contribution >= 0.6 is 0 Å². The quantitative estimate of drug-likeness (QED) is 0.344. The number of nitrogens with zero attached hydrogens (tertiary/aromatic N) is 4. The molecule has 0 saturated heterocycles. The van der Waals surface area contributed by atoms with Gasteiger partial charge in [0.1, 0.15) is 11.6 Å². The number of carbonyl (C=O) groups is 1. The number of imidazole rings is 1. The first-order valence-electron chi connectivity index (χ1n) is 12.4. The number of hydrogen-bond donors (Lipinski definition) is 2. The van der Waals surface area contributed by atoms with Crippen molar-refractivity contribution in [3.63, 3.8) is 0 Å². The molecular weight excluding hydrogens is 448 g/mol. The molecule has 36 heavy (non-hydrogen) atoms. The van der Waals surface area contributed by atoms with Crippen molar-refractivity contribution in [1.82, 2.24) is 29.9 Å². The van der Waals surface area contributed by atoms with Gasteiger partial charge in [-0.3, -0.25) is 9.20 Å². The zero-order valence-corrected chi connectivity index (χ0v) is 21.3. The fourth-order valence-electron chi connectivity index (χ4n) is 4.42. The number of rotatable bonds is 7. The summed E-state index contributed by atoms with van der Waals surface area (Å²) in [7, 11) is 0. The number of aromatic nitrogens is 5. The van der Waals surface area contributed by atoms with Crippen LogP contribution in [0, 0.1) is 6.92 Å². The topological polar surface area (TPSA) is 88.0 Å². The number of nitrogens with one attached hydrogen (secondary N) is 2. The van der Waals surface area contributed by atoms with Crippen molar-refractivity contribution in [3.8, 4) is 0 Å². The summed E-state index contributed by atoms with van der Waals surface area (Å²) < 4.78 is 1.98. The van der Waals surface area contributed by atoms with Crippen molar-refractivity contribution in [2.45, 2.75) is 52.4 Å². The van der Waals surface area contributed by atoms with Crippen LogP contribution in [0.2, 0.25) is 0 Å². The highest BCUT2D eigenvalue weighted by molar-refractivity contribution is 6.00. The fraction of sp³-hybridized carbons (Fsp3) is 0.310. The van der Waals surface area contributed by atoms with Crippen LogP contribution in [0.15, 0.2) is 60.8 Å². The summed E-state index contributed by atoms with van der Waals surface area (Å²) in [6.07, 6.45) is 4.41. The molecule has 0 spiro atoms. The van der Waals surface area contributed by atoms with Crippen LogP contribution in [0.4, 0.5) is 0 Å². The molecule has 2 aromatic carbocycles. The predicted octanol–water partition coefficient (Wildman–Crippen LogP) is 4.97. The minimum Gasteiger partial charge on any atom is -0.351 e. The molecule has 1 amide bonds. The highest BCUT2D eigenvalue weighted by Gasteiger charge is 2.24. The number of para-hydroxylation sites is 2. The Bertz CT molecular complexity index is 1490. The van der Waals surface area contributed by atoms with E-state index in [0.717, 1.165) is 41.1 Å². The highest BCUT2D eigenvalue weighted by Crippen LogP contribution is 2.24. The first-order valence-corrected chi connectivity index (χ1v) is 12.4. The van der Waals surface area contributed by atoms with Crippen molar-refractivity contribution in [1.29, 1.82) is 0 Å². The van der Waals surface area contributed by atoms with Crippen LogP contribution in [0.3, 0.4) is 0 Å². The maximum absolute atomic E-state index is 13.3. The van der Waals surface area contributed by atoms with Gasteiger partial charge in [-0.25, -0.2) is 4.98 Å². The molecule has 0 saturated carbocycles. The van der Waals surface area contributed by atoms with Gasteiger partial charge in [-0.2, -0.15) is 0 Å². The van der Waals surface area contributed by atoms with Gasteiger partial charge in [-0.05, 0) is 49.1 Å². The average Bonchev–Trinajstić information content (AvgIpc) is 3.47. The minimum absolute atomic E-state index is 0.152. The number of aryl methyl sites for hydroxylation is 3. The lowest BCUT2D eigenvalue weighted by Crippen LogP contribution is -2.27. The zero-order valence-electron chi connectivity index (χ0n) is 21.3. The van der Waals surface area contributed by atoms with Gasteiger partial charge in [-0.1, -0.05) is 62.7 Å². The molecule has 0 aliphatic rings. The lowest BCUT2D eigenvalue weighted by Gasteiger charge is -2.17. The molecule has 0 unspecified atom stereocenters. The van der Waals surface area contributed by atoms with Crippen LogP contribution in [0.5, 0.6) is 0 Å². The second kappa shape index (κ2) is 9.57. The maximum atomic E-state index is 13.3. The lowest BCUT2D eigenvalue weighted by atomic mass is 9.95. The van der Waals surface area contributed by atoms with Gasteiger partial charge >= 0.3 is 0 Å². The van der Waals surface area contributed by atoms with E-state index >= 15 is 0 Å². The van der Waals surface area contributed by atoms with Crippen molar-refractivity contribution < 1.29 is 4.79 Å². The number of benzene rings is 2. The van der Waals surface area contributed by atoms with Crippen LogP contribution in [-0.2, 0) is 24.7 Å². The van der Waals surface area contributed by atoms with Crippen LogP contribution in [0.1, 0.15) is 59.5 Å². The van der Waals surface area contributed by atoms with Crippen LogP contribution < -0.4 is 5.32 Å². The average molecular weight is 481 g/mol. The summed E-state index contributed by atoms with van der Waals surface area (Å²) in [6, 6.07) is 18.5. The third kappa shape index (κ3) is 5.00. The molecule has 5 aromatic rings. The number of fused-ring (bicyclic) bond motifs is 2. The first-order chi connectivity index (χ1) is 17.3. The Morgan fingerprint density at radius 3 is 2.47 bits per heavy atom. The smallest absolute Gasteiger partial charge is 0.255 e. The molecule has 3 aromatic heterocycles. The van der Waals surface area contributed by atoms with E-state index in [9.17, 15) is 4.79 Å². The molecule has 0 radical (unpaired) electrons. The Hall–Kier alpha value is -4.00. The highest BCUT2D eigenvalue weighted by atomic mass is 16.1. The number of carbonyl (C=O) groups excluding carboxylic acids is 1. The normalized spacial score (nSPS) is 11.9. The summed E-state index contributed by atoms with van der Waals surface area (Å²) in [5, 5.41) is 11.9. The SMILES string of the molecule is Cc1ccc(CCc2cc(C(=O)NCCc3nc4ccccc4[nH]3)c3nnc(C(C)(C)C)n3c2)cc1. The van der Waals surface area contributed by atoms with E-state index in [0.29, 0.717) is 24.2 Å². The molecule has 0 aliphatic heterocycles. The van der Waals surface area contributed by atoms with Gasteiger partial charge in [0.15, 0.2) is 5.65 Å². The molecule has 7 nitrogen and oxygen atoms in total. The monoisotopic (exact) mass is 480 g/mol. The lowest BCUT2D eigenvalue weighted by molar-refractivity contribution is 0.0955. The fourth-order valence-corrected chi connectivity index (χ4v) is 4.42. The van der Waals surface area contributed by atoms with Crippen molar-refractivity contribution in [3.05, 3.63) is 94.7 Å². The summed E-state index contributed by atoms with van der Waals surface area (Å²) in [4.78, 5) is 21.2. The largest absolute Gasteiger partial charge is 0.351 e. The van der Waals surface area contributed by atoms with E-state index in [-0.39, 0.29) is 11.3 Å². The molecule has 0 atom stereocenters. The first kappa shape index (κ1) is 23.7. The van der Waals surface area contributed by atoms with Crippen molar-refractivity contribution in [2.75, 3.05) is 6.54 Å². The second-order valence-corrected chi connectivity index (χ2v) is 10.4. The molecule has 7 heteroatoms. The van der Waals surface area contributed by atoms with Gasteiger partial charge in [0, 0.05) is 24.6 Å². The van der Waals surface area contributed by atoms with Crippen molar-refractivity contribution in [2.24, 2.45) is 0 Å². The maximum Gasteiger partial charge on any atom is 0.255 e. The number of H-pyrrole nitrogens is 1. The Morgan fingerprint density at radius 2 is 1.72 bits per heavy atom. The molecule has 0 fully saturated rings. The standard InChI is InChI=1S/C29H32N6O/c1-19-9-11-20(12-10-19)13-14-21-17-22(26-33-34-28(29(2,3)4)35(26)18-21)27(36)30-16-15-25-31-23-7-5-6-8-24(23)32-25/h5-12,17-18H,13-16H2,1-4H3,(H,30,36)(H,31,32). The molecule has 0 aliphatic carbocycles. The summed E-state index contributed by atoms with van der Waals surface area (Å²) in [6.45, 7) is 8.89. The van der Waals surface area contributed by atoms with E-state index in [1.165, 1.54) is 11.1 Å². The number of amides is 1. The van der Waals surface area contributed by atoms with Crippen molar-refractivity contribution >= 4 is 22.6 Å². The molecular formula is C29H32N6O. The summed E-state index contributed by atoms with van der Waals surface area (Å²) >= 11 is 0. The number of aromatic amines is 1. The van der Waals surface area contributed by atoms with Gasteiger partial charge in [0.25, 0.3) is 5.91 Å². The van der Waals surface area contributed by atoms with Gasteiger partial charge in [-0.15, -0.1) is 10.2 Å². The summed E-state index contributed by atoms with van der Waals surface area (Å²) in [5.74, 6) is 1.54. The minimum atomic E-state index is -0.204. The molecule has 5 rings (SSSR count). The number of pyridine rings is 1. The molecule has 184 valence electrons. The van der Waals surface area contributed by atoms with Gasteiger partial charge < -0.3 is 10.3 Å². The molecule has 2 N–H and O–H groups in total. The summed E-state index contributed by atoms with van der Waals surface area (Å²) in [5.41, 5.74) is 6.46. The van der Waals surface area contributed by atoms with Crippen LogP contribution in [0.25, 0.3) is 16.7 Å².